The van der Waals surface area contributed by atoms with E-state index in [2.05, 4.69) is 66.9 Å². The maximum atomic E-state index is 4.91. The Morgan fingerprint density at radius 3 is 2.83 bits per heavy atom. The van der Waals surface area contributed by atoms with Gasteiger partial charge in [0.15, 0.2) is 0 Å². The minimum Gasteiger partial charge on any atom is -0.363 e. The summed E-state index contributed by atoms with van der Waals surface area (Å²) in [7, 11) is 0. The highest BCUT2D eigenvalue weighted by Gasteiger charge is 2.29. The summed E-state index contributed by atoms with van der Waals surface area (Å²) < 4.78 is 3.09. The zero-order valence-corrected chi connectivity index (χ0v) is 15.0. The first kappa shape index (κ1) is 14.5. The molecule has 0 N–H and O–H groups in total. The molecule has 0 spiro atoms. The molecule has 0 amide bonds. The SMILES string of the molecule is Brc1cc(N2CCC[C@@H]2c2cn3cc(C4CC4)ccc3n2)ccn1. The van der Waals surface area contributed by atoms with Crippen molar-refractivity contribution in [3.63, 3.8) is 0 Å². The van der Waals surface area contributed by atoms with Gasteiger partial charge in [0.1, 0.15) is 10.3 Å². The third kappa shape index (κ3) is 2.51. The zero-order valence-electron chi connectivity index (χ0n) is 13.4. The predicted octanol–water partition coefficient (Wildman–Crippen LogP) is 4.71. The van der Waals surface area contributed by atoms with Crippen LogP contribution in [-0.4, -0.2) is 20.9 Å². The van der Waals surface area contributed by atoms with Gasteiger partial charge in [0.25, 0.3) is 0 Å². The summed E-state index contributed by atoms with van der Waals surface area (Å²) in [4.78, 5) is 11.6. The number of halogens is 1. The van der Waals surface area contributed by atoms with Gasteiger partial charge < -0.3 is 9.30 Å². The number of aromatic nitrogens is 3. The molecule has 122 valence electrons. The van der Waals surface area contributed by atoms with Gasteiger partial charge in [-0.05, 0) is 71.3 Å². The highest BCUT2D eigenvalue weighted by atomic mass is 79.9. The first-order valence-electron chi connectivity index (χ1n) is 8.65. The third-order valence-electron chi connectivity index (χ3n) is 5.18. The Bertz CT molecular complexity index is 899. The van der Waals surface area contributed by atoms with Crippen LogP contribution in [0.4, 0.5) is 5.69 Å². The van der Waals surface area contributed by atoms with Crippen LogP contribution in [-0.2, 0) is 0 Å². The number of pyridine rings is 2. The smallest absolute Gasteiger partial charge is 0.137 e. The molecule has 4 nitrogen and oxygen atoms in total. The van der Waals surface area contributed by atoms with E-state index in [1.54, 1.807) is 0 Å². The second kappa shape index (κ2) is 5.59. The van der Waals surface area contributed by atoms with Crippen LogP contribution in [0.25, 0.3) is 5.65 Å². The van der Waals surface area contributed by atoms with E-state index in [9.17, 15) is 0 Å². The summed E-state index contributed by atoms with van der Waals surface area (Å²) >= 11 is 3.48. The molecule has 1 saturated carbocycles. The van der Waals surface area contributed by atoms with Crippen LogP contribution in [0.15, 0.2) is 47.5 Å². The lowest BCUT2D eigenvalue weighted by Crippen LogP contribution is -2.22. The van der Waals surface area contributed by atoms with Gasteiger partial charge in [0.05, 0.1) is 11.7 Å². The van der Waals surface area contributed by atoms with Gasteiger partial charge in [-0.25, -0.2) is 9.97 Å². The minimum absolute atomic E-state index is 0.351. The van der Waals surface area contributed by atoms with Crippen molar-refractivity contribution in [2.24, 2.45) is 0 Å². The average Bonchev–Trinajstić information content (AvgIpc) is 3.17. The Kier molecular flexibility index (Phi) is 3.37. The molecule has 2 aliphatic rings. The molecule has 3 aromatic rings. The molecule has 4 heterocycles. The first-order valence-corrected chi connectivity index (χ1v) is 9.44. The average molecular weight is 383 g/mol. The molecule has 0 unspecified atom stereocenters. The van der Waals surface area contributed by atoms with Crippen LogP contribution in [0, 0.1) is 0 Å². The normalized spacial score (nSPS) is 20.9. The standard InChI is InChI=1S/C19H19BrN4/c20-18-10-15(7-8-21-18)24-9-1-2-17(24)16-12-23-11-14(13-3-4-13)5-6-19(23)22-16/h5-8,10-13,17H,1-4,9H2/t17-/m1/s1. The van der Waals surface area contributed by atoms with Gasteiger partial charge in [-0.1, -0.05) is 6.07 Å². The molecule has 0 aromatic carbocycles. The topological polar surface area (TPSA) is 33.4 Å². The van der Waals surface area contributed by atoms with Crippen molar-refractivity contribution in [3.05, 3.63) is 58.7 Å². The second-order valence-electron chi connectivity index (χ2n) is 6.86. The molecule has 0 radical (unpaired) electrons. The summed E-state index contributed by atoms with van der Waals surface area (Å²) in [6.45, 7) is 1.07. The van der Waals surface area contributed by atoms with Crippen LogP contribution in [0.3, 0.4) is 0 Å². The quantitative estimate of drug-likeness (QED) is 0.614. The van der Waals surface area contributed by atoms with Crippen molar-refractivity contribution in [1.29, 1.82) is 0 Å². The van der Waals surface area contributed by atoms with E-state index < -0.39 is 0 Å². The summed E-state index contributed by atoms with van der Waals surface area (Å²) in [5.74, 6) is 0.775. The van der Waals surface area contributed by atoms with Gasteiger partial charge in [-0.3, -0.25) is 0 Å². The Labute approximate surface area is 149 Å². The monoisotopic (exact) mass is 382 g/mol. The van der Waals surface area contributed by atoms with Crippen molar-refractivity contribution >= 4 is 27.3 Å². The van der Waals surface area contributed by atoms with Crippen LogP contribution in [0.2, 0.25) is 0 Å². The summed E-state index contributed by atoms with van der Waals surface area (Å²) in [5, 5.41) is 0. The lowest BCUT2D eigenvalue weighted by atomic mass is 10.1. The highest BCUT2D eigenvalue weighted by molar-refractivity contribution is 9.10. The Morgan fingerprint density at radius 2 is 2.00 bits per heavy atom. The highest BCUT2D eigenvalue weighted by Crippen LogP contribution is 2.40. The van der Waals surface area contributed by atoms with Gasteiger partial charge in [0, 0.05) is 30.8 Å². The van der Waals surface area contributed by atoms with Gasteiger partial charge in [-0.2, -0.15) is 0 Å². The number of imidazole rings is 1. The van der Waals surface area contributed by atoms with Crippen molar-refractivity contribution in [2.45, 2.75) is 37.6 Å². The van der Waals surface area contributed by atoms with E-state index in [4.69, 9.17) is 4.98 Å². The van der Waals surface area contributed by atoms with Crippen LogP contribution in [0.1, 0.15) is 48.9 Å². The Hall–Kier alpha value is -1.88. The number of fused-ring (bicyclic) bond motifs is 1. The largest absolute Gasteiger partial charge is 0.363 e. The van der Waals surface area contributed by atoms with Crippen molar-refractivity contribution in [1.82, 2.24) is 14.4 Å². The molecular formula is C19H19BrN4. The third-order valence-corrected chi connectivity index (χ3v) is 5.61. The Morgan fingerprint density at radius 1 is 1.08 bits per heavy atom. The number of nitrogens with zero attached hydrogens (tertiary/aromatic N) is 4. The van der Waals surface area contributed by atoms with E-state index in [0.29, 0.717) is 6.04 Å². The maximum absolute atomic E-state index is 4.91. The summed E-state index contributed by atoms with van der Waals surface area (Å²) in [6.07, 6.45) is 11.4. The van der Waals surface area contributed by atoms with Crippen molar-refractivity contribution in [2.75, 3.05) is 11.4 Å². The van der Waals surface area contributed by atoms with Crippen LogP contribution < -0.4 is 4.90 Å². The summed E-state index contributed by atoms with van der Waals surface area (Å²) in [6, 6.07) is 8.95. The van der Waals surface area contributed by atoms with E-state index in [1.165, 1.54) is 36.2 Å². The fourth-order valence-electron chi connectivity index (χ4n) is 3.80. The van der Waals surface area contributed by atoms with E-state index in [0.717, 1.165) is 29.1 Å². The molecule has 2 fully saturated rings. The number of hydrogen-bond acceptors (Lipinski definition) is 3. The first-order chi connectivity index (χ1) is 11.8. The maximum Gasteiger partial charge on any atom is 0.137 e. The van der Waals surface area contributed by atoms with Crippen molar-refractivity contribution in [3.8, 4) is 0 Å². The van der Waals surface area contributed by atoms with Crippen LogP contribution in [0.5, 0.6) is 0 Å². The summed E-state index contributed by atoms with van der Waals surface area (Å²) in [5.41, 5.74) is 4.90. The lowest BCUT2D eigenvalue weighted by Gasteiger charge is -2.25. The molecule has 1 atom stereocenters. The van der Waals surface area contributed by atoms with Gasteiger partial charge in [-0.15, -0.1) is 0 Å². The number of anilines is 1. The second-order valence-corrected chi connectivity index (χ2v) is 7.67. The molecule has 3 aromatic heterocycles. The minimum atomic E-state index is 0.351. The molecule has 5 heteroatoms. The van der Waals surface area contributed by atoms with Gasteiger partial charge in [0.2, 0.25) is 0 Å². The number of hydrogen-bond donors (Lipinski definition) is 0. The molecular weight excluding hydrogens is 364 g/mol. The Balaban J connectivity index is 1.51. The number of rotatable bonds is 3. The molecule has 5 rings (SSSR count). The van der Waals surface area contributed by atoms with E-state index in [1.807, 2.05) is 6.20 Å². The molecule has 1 saturated heterocycles. The molecule has 0 bridgehead atoms. The molecule has 1 aliphatic heterocycles. The lowest BCUT2D eigenvalue weighted by molar-refractivity contribution is 0.699. The fourth-order valence-corrected chi connectivity index (χ4v) is 4.15. The zero-order chi connectivity index (χ0) is 16.1. The van der Waals surface area contributed by atoms with E-state index >= 15 is 0 Å². The van der Waals surface area contributed by atoms with Crippen LogP contribution >= 0.6 is 15.9 Å². The van der Waals surface area contributed by atoms with Crippen molar-refractivity contribution < 1.29 is 0 Å². The predicted molar refractivity (Wildman–Crippen MR) is 98.4 cm³/mol. The molecule has 1 aliphatic carbocycles. The fraction of sp³-hybridized carbons (Fsp3) is 0.368. The molecule has 24 heavy (non-hydrogen) atoms. The van der Waals surface area contributed by atoms with Gasteiger partial charge >= 0.3 is 0 Å². The van der Waals surface area contributed by atoms with E-state index in [-0.39, 0.29) is 0 Å².